The van der Waals surface area contributed by atoms with Gasteiger partial charge in [-0.1, -0.05) is 97.1 Å². The van der Waals surface area contributed by atoms with Crippen LogP contribution in [0.3, 0.4) is 0 Å². The second-order valence-electron chi connectivity index (χ2n) is 9.79. The van der Waals surface area contributed by atoms with E-state index in [-0.39, 0.29) is 0 Å². The van der Waals surface area contributed by atoms with Crippen molar-refractivity contribution in [3.63, 3.8) is 0 Å². The van der Waals surface area contributed by atoms with Crippen LogP contribution in [0, 0.1) is 6.92 Å². The molecule has 1 nitrogen and oxygen atoms in total. The maximum absolute atomic E-state index is 2.45. The third kappa shape index (κ3) is 3.32. The number of aromatic nitrogens is 1. The van der Waals surface area contributed by atoms with Crippen molar-refractivity contribution in [1.82, 2.24) is 4.57 Å². The van der Waals surface area contributed by atoms with Gasteiger partial charge in [-0.05, 0) is 82.6 Å². The van der Waals surface area contributed by atoms with Crippen molar-refractivity contribution in [2.24, 2.45) is 0 Å². The van der Waals surface area contributed by atoms with E-state index >= 15 is 0 Å². The lowest BCUT2D eigenvalue weighted by Gasteiger charge is -2.12. The Morgan fingerprint density at radius 3 is 1.95 bits per heavy atom. The van der Waals surface area contributed by atoms with E-state index < -0.39 is 0 Å². The molecule has 1 heterocycles. The summed E-state index contributed by atoms with van der Waals surface area (Å²) in [6, 6.07) is 42.2. The van der Waals surface area contributed by atoms with Gasteiger partial charge in [0.15, 0.2) is 0 Å². The van der Waals surface area contributed by atoms with Gasteiger partial charge in [-0.2, -0.15) is 0 Å². The highest BCUT2D eigenvalue weighted by atomic mass is 15.0. The van der Waals surface area contributed by atoms with Crippen LogP contribution < -0.4 is 0 Å². The average molecular weight is 474 g/mol. The van der Waals surface area contributed by atoms with Gasteiger partial charge in [0.1, 0.15) is 0 Å². The van der Waals surface area contributed by atoms with Crippen LogP contribution in [-0.2, 0) is 0 Å². The summed E-state index contributed by atoms with van der Waals surface area (Å²) in [5, 5.41) is 7.77. The van der Waals surface area contributed by atoms with Gasteiger partial charge >= 0.3 is 0 Å². The van der Waals surface area contributed by atoms with E-state index in [0.717, 1.165) is 0 Å². The number of benzene rings is 6. The van der Waals surface area contributed by atoms with Gasteiger partial charge in [-0.3, -0.25) is 0 Å². The fraction of sp³-hybridized carbons (Fsp3) is 0.0556. The molecule has 0 atom stereocenters. The topological polar surface area (TPSA) is 4.93 Å². The number of hydrogen-bond donors (Lipinski definition) is 0. The molecule has 176 valence electrons. The van der Waals surface area contributed by atoms with E-state index in [1.54, 1.807) is 0 Å². The third-order valence-corrected chi connectivity index (χ3v) is 7.61. The largest absolute Gasteiger partial charge is 0.309 e. The minimum Gasteiger partial charge on any atom is -0.309 e. The fourth-order valence-corrected chi connectivity index (χ4v) is 5.88. The lowest BCUT2D eigenvalue weighted by Crippen LogP contribution is -1.94. The van der Waals surface area contributed by atoms with Gasteiger partial charge in [0, 0.05) is 21.8 Å². The van der Waals surface area contributed by atoms with Gasteiger partial charge in [-0.15, -0.1) is 0 Å². The summed E-state index contributed by atoms with van der Waals surface area (Å²) in [7, 11) is 0. The predicted molar refractivity (Wildman–Crippen MR) is 161 cm³/mol. The molecule has 0 bridgehead atoms. The van der Waals surface area contributed by atoms with E-state index in [2.05, 4.69) is 146 Å². The zero-order valence-corrected chi connectivity index (χ0v) is 21.1. The van der Waals surface area contributed by atoms with Crippen LogP contribution in [0.25, 0.3) is 66.2 Å². The molecule has 0 saturated carbocycles. The minimum atomic E-state index is 1.18. The molecule has 0 amide bonds. The van der Waals surface area contributed by atoms with Gasteiger partial charge in [0.25, 0.3) is 0 Å². The number of aryl methyl sites for hydroxylation is 1. The predicted octanol–water partition coefficient (Wildman–Crippen LogP) is 10.1. The van der Waals surface area contributed by atoms with Crippen LogP contribution in [0.2, 0.25) is 0 Å². The van der Waals surface area contributed by atoms with Crippen molar-refractivity contribution in [1.29, 1.82) is 0 Å². The molecule has 1 aromatic heterocycles. The molecule has 0 aliphatic carbocycles. The number of rotatable bonds is 3. The van der Waals surface area contributed by atoms with Crippen LogP contribution in [-0.4, -0.2) is 4.57 Å². The van der Waals surface area contributed by atoms with E-state index in [1.165, 1.54) is 71.3 Å². The third-order valence-electron chi connectivity index (χ3n) is 7.61. The van der Waals surface area contributed by atoms with E-state index in [4.69, 9.17) is 0 Å². The van der Waals surface area contributed by atoms with E-state index in [1.807, 2.05) is 0 Å². The molecule has 0 aliphatic rings. The Morgan fingerprint density at radius 2 is 1.19 bits per heavy atom. The van der Waals surface area contributed by atoms with Crippen molar-refractivity contribution < 1.29 is 0 Å². The lowest BCUT2D eigenvalue weighted by molar-refractivity contribution is 1.19. The SMILES string of the molecule is C/C=C\c1cc(-c2ccc3c(c2)c2c4ccccc4c4ccccc4c2n3-c2ccccc2)ccc1C. The quantitative estimate of drug-likeness (QED) is 0.225. The van der Waals surface area contributed by atoms with Gasteiger partial charge in [-0.25, -0.2) is 0 Å². The van der Waals surface area contributed by atoms with Crippen LogP contribution in [0.5, 0.6) is 0 Å². The fourth-order valence-electron chi connectivity index (χ4n) is 5.88. The molecule has 0 unspecified atom stereocenters. The lowest BCUT2D eigenvalue weighted by atomic mass is 9.95. The molecule has 1 heteroatoms. The van der Waals surface area contributed by atoms with E-state index in [0.29, 0.717) is 0 Å². The molecule has 37 heavy (non-hydrogen) atoms. The summed E-state index contributed by atoms with van der Waals surface area (Å²) < 4.78 is 2.45. The zero-order valence-electron chi connectivity index (χ0n) is 21.1. The van der Waals surface area contributed by atoms with Crippen molar-refractivity contribution in [2.45, 2.75) is 13.8 Å². The normalized spacial score (nSPS) is 11.9. The summed E-state index contributed by atoms with van der Waals surface area (Å²) in [5.41, 5.74) is 8.72. The Hall–Kier alpha value is -4.62. The van der Waals surface area contributed by atoms with Crippen LogP contribution in [0.1, 0.15) is 18.1 Å². The Balaban J connectivity index is 1.67. The first-order valence-corrected chi connectivity index (χ1v) is 12.9. The first-order chi connectivity index (χ1) is 18.2. The summed E-state index contributed by atoms with van der Waals surface area (Å²) in [5.74, 6) is 0. The molecule has 7 rings (SSSR count). The maximum atomic E-state index is 2.45. The Labute approximate surface area is 216 Å². The highest BCUT2D eigenvalue weighted by molar-refractivity contribution is 6.32. The number of hydrogen-bond acceptors (Lipinski definition) is 0. The van der Waals surface area contributed by atoms with Crippen LogP contribution in [0.15, 0.2) is 121 Å². The zero-order chi connectivity index (χ0) is 24.9. The maximum Gasteiger partial charge on any atom is 0.0625 e. The highest BCUT2D eigenvalue weighted by Gasteiger charge is 2.19. The molecule has 0 radical (unpaired) electrons. The monoisotopic (exact) mass is 473 g/mol. The number of allylic oxidation sites excluding steroid dienone is 1. The number of para-hydroxylation sites is 1. The smallest absolute Gasteiger partial charge is 0.0625 e. The first kappa shape index (κ1) is 21.6. The second-order valence-corrected chi connectivity index (χ2v) is 9.79. The summed E-state index contributed by atoms with van der Waals surface area (Å²) in [4.78, 5) is 0. The standard InChI is InChI=1S/C36H27N/c1-3-11-25-22-26(19-18-24(25)2)27-20-21-34-33(23-27)35-31-16-9-7-14-29(31)30-15-8-10-17-32(30)36(35)37(34)28-12-5-4-6-13-28/h3-23H,1-2H3/b11-3-. The molecule has 0 spiro atoms. The van der Waals surface area contributed by atoms with Crippen molar-refractivity contribution in [3.05, 3.63) is 132 Å². The Kier molecular flexibility index (Phi) is 4.97. The number of nitrogens with zero attached hydrogens (tertiary/aromatic N) is 1. The molecular weight excluding hydrogens is 446 g/mol. The van der Waals surface area contributed by atoms with Crippen molar-refractivity contribution in [2.75, 3.05) is 0 Å². The second kappa shape index (κ2) is 8.50. The van der Waals surface area contributed by atoms with Crippen molar-refractivity contribution >= 4 is 49.4 Å². The molecule has 0 aliphatic heterocycles. The molecule has 0 N–H and O–H groups in total. The number of fused-ring (bicyclic) bond motifs is 8. The average Bonchev–Trinajstić information content (AvgIpc) is 3.30. The molecule has 0 fully saturated rings. The molecule has 6 aromatic carbocycles. The Bertz CT molecular complexity index is 1990. The molecule has 0 saturated heterocycles. The molecule has 7 aromatic rings. The van der Waals surface area contributed by atoms with E-state index in [9.17, 15) is 0 Å². The highest BCUT2D eigenvalue weighted by Crippen LogP contribution is 2.43. The van der Waals surface area contributed by atoms with Gasteiger partial charge < -0.3 is 4.57 Å². The Morgan fingerprint density at radius 1 is 0.568 bits per heavy atom. The van der Waals surface area contributed by atoms with Crippen LogP contribution in [0.4, 0.5) is 0 Å². The minimum absolute atomic E-state index is 1.18. The van der Waals surface area contributed by atoms with Crippen molar-refractivity contribution in [3.8, 4) is 16.8 Å². The van der Waals surface area contributed by atoms with Crippen LogP contribution >= 0.6 is 0 Å². The summed E-state index contributed by atoms with van der Waals surface area (Å²) in [6.07, 6.45) is 4.30. The summed E-state index contributed by atoms with van der Waals surface area (Å²) >= 11 is 0. The van der Waals surface area contributed by atoms with Gasteiger partial charge in [0.05, 0.1) is 11.0 Å². The summed E-state index contributed by atoms with van der Waals surface area (Å²) in [6.45, 7) is 4.25. The molecular formula is C36H27N. The first-order valence-electron chi connectivity index (χ1n) is 12.9. The van der Waals surface area contributed by atoms with Gasteiger partial charge in [0.2, 0.25) is 0 Å².